The number of amides is 1. The Morgan fingerprint density at radius 2 is 2.07 bits per heavy atom. The van der Waals surface area contributed by atoms with E-state index in [1.54, 1.807) is 31.5 Å². The Bertz CT molecular complexity index is 1020. The third-order valence-corrected chi connectivity index (χ3v) is 4.84. The molecule has 0 aliphatic rings. The van der Waals surface area contributed by atoms with Gasteiger partial charge in [-0.3, -0.25) is 9.59 Å². The van der Waals surface area contributed by atoms with Crippen LogP contribution in [0.1, 0.15) is 5.56 Å². The van der Waals surface area contributed by atoms with Crippen LogP contribution in [0.15, 0.2) is 52.5 Å². The summed E-state index contributed by atoms with van der Waals surface area (Å²) in [5.74, 6) is 0.507. The second-order valence-electron chi connectivity index (χ2n) is 5.83. The number of hydrogen-bond donors (Lipinski definition) is 1. The van der Waals surface area contributed by atoms with Gasteiger partial charge in [0.1, 0.15) is 5.82 Å². The maximum atomic E-state index is 13.1. The van der Waals surface area contributed by atoms with Crippen molar-refractivity contribution in [1.29, 1.82) is 0 Å². The standard InChI is InChI=1S/C19H20N4O3S/c1-13-6-5-9-21-17(13)23-18(25)14-7-3-4-8-15(14)22-19(23)27-12-16(24)20-10-11-26-2/h3-9H,10-12H2,1-2H3,(H,20,24). The van der Waals surface area contributed by atoms with E-state index in [-0.39, 0.29) is 17.2 Å². The molecule has 27 heavy (non-hydrogen) atoms. The molecule has 0 unspecified atom stereocenters. The van der Waals surface area contributed by atoms with Gasteiger partial charge in [-0.1, -0.05) is 30.0 Å². The summed E-state index contributed by atoms with van der Waals surface area (Å²) in [7, 11) is 1.58. The van der Waals surface area contributed by atoms with Crippen LogP contribution in [0.2, 0.25) is 0 Å². The molecule has 8 heteroatoms. The highest BCUT2D eigenvalue weighted by Gasteiger charge is 2.16. The molecule has 0 saturated heterocycles. The summed E-state index contributed by atoms with van der Waals surface area (Å²) in [4.78, 5) is 34.1. The van der Waals surface area contributed by atoms with Crippen molar-refractivity contribution in [3.8, 4) is 5.82 Å². The fourth-order valence-electron chi connectivity index (χ4n) is 2.58. The average Bonchev–Trinajstić information content (AvgIpc) is 2.68. The molecule has 1 aromatic carbocycles. The Morgan fingerprint density at radius 3 is 2.85 bits per heavy atom. The van der Waals surface area contributed by atoms with E-state index in [9.17, 15) is 9.59 Å². The van der Waals surface area contributed by atoms with E-state index in [4.69, 9.17) is 4.74 Å². The molecule has 2 aromatic heterocycles. The molecule has 0 bridgehead atoms. The molecule has 1 N–H and O–H groups in total. The largest absolute Gasteiger partial charge is 0.383 e. The third-order valence-electron chi connectivity index (χ3n) is 3.90. The van der Waals surface area contributed by atoms with Crippen LogP contribution in [-0.2, 0) is 9.53 Å². The quantitative estimate of drug-likeness (QED) is 0.381. The number of ether oxygens (including phenoxy) is 1. The predicted octanol–water partition coefficient (Wildman–Crippen LogP) is 1.94. The first-order valence-corrected chi connectivity index (χ1v) is 9.42. The fourth-order valence-corrected chi connectivity index (χ4v) is 3.40. The van der Waals surface area contributed by atoms with Crippen molar-refractivity contribution in [3.63, 3.8) is 0 Å². The maximum Gasteiger partial charge on any atom is 0.267 e. The van der Waals surface area contributed by atoms with Crippen molar-refractivity contribution < 1.29 is 9.53 Å². The maximum absolute atomic E-state index is 13.1. The number of rotatable bonds is 7. The second kappa shape index (κ2) is 8.79. The second-order valence-corrected chi connectivity index (χ2v) is 6.77. The predicted molar refractivity (Wildman–Crippen MR) is 105 cm³/mol. The molecule has 2 heterocycles. The van der Waals surface area contributed by atoms with E-state index < -0.39 is 0 Å². The van der Waals surface area contributed by atoms with Gasteiger partial charge in [0, 0.05) is 19.9 Å². The Balaban J connectivity index is 2.00. The van der Waals surface area contributed by atoms with Crippen LogP contribution in [-0.4, -0.2) is 46.5 Å². The number of hydrogen-bond acceptors (Lipinski definition) is 6. The van der Waals surface area contributed by atoms with Crippen LogP contribution in [0.3, 0.4) is 0 Å². The normalized spacial score (nSPS) is 10.9. The van der Waals surface area contributed by atoms with Crippen LogP contribution < -0.4 is 10.9 Å². The Kier molecular flexibility index (Phi) is 6.20. The molecular weight excluding hydrogens is 364 g/mol. The topological polar surface area (TPSA) is 86.1 Å². The summed E-state index contributed by atoms with van der Waals surface area (Å²) in [6, 6.07) is 10.9. The highest BCUT2D eigenvalue weighted by molar-refractivity contribution is 7.99. The molecule has 0 radical (unpaired) electrons. The molecule has 7 nitrogen and oxygen atoms in total. The van der Waals surface area contributed by atoms with Crippen LogP contribution in [0.5, 0.6) is 0 Å². The number of aryl methyl sites for hydroxylation is 1. The summed E-state index contributed by atoms with van der Waals surface area (Å²) in [6.07, 6.45) is 1.63. The van der Waals surface area contributed by atoms with Gasteiger partial charge in [0.15, 0.2) is 5.16 Å². The highest BCUT2D eigenvalue weighted by atomic mass is 32.2. The zero-order chi connectivity index (χ0) is 19.2. The minimum Gasteiger partial charge on any atom is -0.383 e. The number of nitrogens with zero attached hydrogens (tertiary/aromatic N) is 3. The average molecular weight is 384 g/mol. The van der Waals surface area contributed by atoms with Gasteiger partial charge in [-0.05, 0) is 30.7 Å². The lowest BCUT2D eigenvalue weighted by Crippen LogP contribution is -2.29. The Labute approximate surface area is 160 Å². The lowest BCUT2D eigenvalue weighted by molar-refractivity contribution is -0.118. The monoisotopic (exact) mass is 384 g/mol. The third kappa shape index (κ3) is 4.35. The van der Waals surface area contributed by atoms with Crippen molar-refractivity contribution in [1.82, 2.24) is 19.9 Å². The van der Waals surface area contributed by atoms with Gasteiger partial charge in [-0.25, -0.2) is 14.5 Å². The van der Waals surface area contributed by atoms with Gasteiger partial charge in [-0.15, -0.1) is 0 Å². The van der Waals surface area contributed by atoms with Crippen molar-refractivity contribution in [2.24, 2.45) is 0 Å². The van der Waals surface area contributed by atoms with E-state index in [1.807, 2.05) is 25.1 Å². The SMILES string of the molecule is COCCNC(=O)CSc1nc2ccccc2c(=O)n1-c1ncccc1C. The number of pyridine rings is 1. The first-order valence-electron chi connectivity index (χ1n) is 8.44. The van der Waals surface area contributed by atoms with Crippen LogP contribution in [0.25, 0.3) is 16.7 Å². The molecule has 0 saturated carbocycles. The van der Waals surface area contributed by atoms with Crippen LogP contribution in [0, 0.1) is 6.92 Å². The molecule has 0 fully saturated rings. The van der Waals surface area contributed by atoms with Gasteiger partial charge >= 0.3 is 0 Å². The minimum atomic E-state index is -0.204. The summed E-state index contributed by atoms with van der Waals surface area (Å²) >= 11 is 1.20. The lowest BCUT2D eigenvalue weighted by atomic mass is 10.2. The minimum absolute atomic E-state index is 0.139. The van der Waals surface area contributed by atoms with Crippen LogP contribution >= 0.6 is 11.8 Å². The van der Waals surface area contributed by atoms with E-state index in [0.29, 0.717) is 35.0 Å². The smallest absolute Gasteiger partial charge is 0.267 e. The number of para-hydroxylation sites is 1. The number of carbonyl (C=O) groups is 1. The summed E-state index contributed by atoms with van der Waals surface area (Å²) in [5.41, 5.74) is 1.24. The fraction of sp³-hybridized carbons (Fsp3) is 0.263. The van der Waals surface area contributed by atoms with E-state index in [0.717, 1.165) is 5.56 Å². The Morgan fingerprint density at radius 1 is 1.26 bits per heavy atom. The molecule has 140 valence electrons. The molecule has 3 aromatic rings. The Hall–Kier alpha value is -2.71. The van der Waals surface area contributed by atoms with Gasteiger partial charge in [0.2, 0.25) is 5.91 Å². The van der Waals surface area contributed by atoms with Crippen LogP contribution in [0.4, 0.5) is 0 Å². The molecule has 0 aliphatic heterocycles. The summed E-state index contributed by atoms with van der Waals surface area (Å²) < 4.78 is 6.40. The molecular formula is C19H20N4O3S. The molecule has 3 rings (SSSR count). The lowest BCUT2D eigenvalue weighted by Gasteiger charge is -2.14. The zero-order valence-corrected chi connectivity index (χ0v) is 16.0. The first kappa shape index (κ1) is 19.1. The number of thioether (sulfide) groups is 1. The van der Waals surface area contributed by atoms with E-state index >= 15 is 0 Å². The molecule has 0 atom stereocenters. The highest BCUT2D eigenvalue weighted by Crippen LogP contribution is 2.21. The summed E-state index contributed by atoms with van der Waals surface area (Å²) in [6.45, 7) is 2.77. The van der Waals surface area contributed by atoms with Gasteiger partial charge < -0.3 is 10.1 Å². The number of carbonyl (C=O) groups excluding carboxylic acids is 1. The number of methoxy groups -OCH3 is 1. The van der Waals surface area contributed by atoms with Crippen molar-refractivity contribution in [3.05, 3.63) is 58.5 Å². The van der Waals surface area contributed by atoms with Gasteiger partial charge in [-0.2, -0.15) is 0 Å². The van der Waals surface area contributed by atoms with Crippen molar-refractivity contribution in [2.75, 3.05) is 26.0 Å². The number of benzene rings is 1. The molecule has 0 aliphatic carbocycles. The van der Waals surface area contributed by atoms with Gasteiger partial charge in [0.05, 0.1) is 23.3 Å². The first-order chi connectivity index (χ1) is 13.1. The summed E-state index contributed by atoms with van der Waals surface area (Å²) in [5, 5.41) is 3.70. The van der Waals surface area contributed by atoms with Crippen molar-refractivity contribution >= 4 is 28.6 Å². The number of nitrogens with one attached hydrogen (secondary N) is 1. The number of fused-ring (bicyclic) bond motifs is 1. The number of aromatic nitrogens is 3. The zero-order valence-electron chi connectivity index (χ0n) is 15.1. The van der Waals surface area contributed by atoms with Gasteiger partial charge in [0.25, 0.3) is 5.56 Å². The molecule has 1 amide bonds. The van der Waals surface area contributed by atoms with E-state index in [1.165, 1.54) is 16.3 Å². The van der Waals surface area contributed by atoms with E-state index in [2.05, 4.69) is 15.3 Å². The van der Waals surface area contributed by atoms with Crippen molar-refractivity contribution in [2.45, 2.75) is 12.1 Å². The molecule has 0 spiro atoms.